The second-order valence-corrected chi connectivity index (χ2v) is 4.28. The van der Waals surface area contributed by atoms with Gasteiger partial charge in [-0.1, -0.05) is 0 Å². The van der Waals surface area contributed by atoms with Crippen molar-refractivity contribution in [1.29, 1.82) is 0 Å². The van der Waals surface area contributed by atoms with Crippen molar-refractivity contribution < 1.29 is 36.7 Å². The third-order valence-electron chi connectivity index (χ3n) is 1.81. The number of ether oxygens (including phenoxy) is 1. The van der Waals surface area contributed by atoms with E-state index >= 15 is 0 Å². The summed E-state index contributed by atoms with van der Waals surface area (Å²) in [6.07, 6.45) is -4.18. The van der Waals surface area contributed by atoms with Crippen LogP contribution in [-0.2, 0) is 14.9 Å². The van der Waals surface area contributed by atoms with E-state index in [1.165, 1.54) is 0 Å². The summed E-state index contributed by atoms with van der Waals surface area (Å²) in [5, 5.41) is 17.3. The van der Waals surface area contributed by atoms with Crippen LogP contribution in [0, 0.1) is 0 Å². The van der Waals surface area contributed by atoms with Crippen LogP contribution < -0.4 is 0 Å². The fourth-order valence-corrected chi connectivity index (χ4v) is 1.94. The highest BCUT2D eigenvalue weighted by molar-refractivity contribution is 7.86. The van der Waals surface area contributed by atoms with Crippen LogP contribution in [0.4, 0.5) is 8.78 Å². The van der Waals surface area contributed by atoms with E-state index in [9.17, 15) is 17.2 Å². The fraction of sp³-hybridized carbons (Fsp3) is 1.00. The minimum atomic E-state index is -5.13. The maximum absolute atomic E-state index is 12.9. The molecule has 1 aliphatic rings. The molecule has 1 rings (SSSR count). The lowest BCUT2D eigenvalue weighted by atomic mass is 10.1. The summed E-state index contributed by atoms with van der Waals surface area (Å²) in [7, 11) is -5.13. The van der Waals surface area contributed by atoms with Crippen LogP contribution in [0.5, 0.6) is 0 Å². The Kier molecular flexibility index (Phi) is 2.80. The highest BCUT2D eigenvalue weighted by Gasteiger charge is 2.63. The Morgan fingerprint density at radius 3 is 2.14 bits per heavy atom. The molecule has 0 aromatic heterocycles. The lowest BCUT2D eigenvalue weighted by Crippen LogP contribution is -2.43. The Labute approximate surface area is 77.9 Å². The molecule has 3 atom stereocenters. The molecule has 0 saturated carbocycles. The van der Waals surface area contributed by atoms with Gasteiger partial charge in [0.05, 0.1) is 6.61 Å². The standard InChI is InChI=1S/C5H8F2O6S/c6-5(7)3(9)2(1-8)13-4(5)14(10,11)12/h2-4,8-9H,1H2,(H,10,11,12)/t2-,3-,4?/m1/s1. The minimum absolute atomic E-state index is 0.969. The lowest BCUT2D eigenvalue weighted by molar-refractivity contribution is -0.0927. The van der Waals surface area contributed by atoms with Crippen molar-refractivity contribution >= 4 is 10.1 Å². The van der Waals surface area contributed by atoms with E-state index in [1.54, 1.807) is 0 Å². The molecule has 0 aromatic carbocycles. The normalized spacial score (nSPS) is 37.4. The molecular formula is C5H8F2O6S. The predicted octanol–water partition coefficient (Wildman–Crippen LogP) is -1.41. The van der Waals surface area contributed by atoms with Crippen LogP contribution in [0.1, 0.15) is 0 Å². The lowest BCUT2D eigenvalue weighted by Gasteiger charge is -2.16. The van der Waals surface area contributed by atoms with Crippen molar-refractivity contribution in [3.63, 3.8) is 0 Å². The second-order valence-electron chi connectivity index (χ2n) is 2.82. The molecule has 3 N–H and O–H groups in total. The summed E-state index contributed by atoms with van der Waals surface area (Å²) >= 11 is 0. The molecule has 1 fully saturated rings. The zero-order valence-corrected chi connectivity index (χ0v) is 7.49. The van der Waals surface area contributed by atoms with Crippen LogP contribution in [0.2, 0.25) is 0 Å². The number of halogens is 2. The third-order valence-corrected chi connectivity index (χ3v) is 2.78. The van der Waals surface area contributed by atoms with Crippen LogP contribution >= 0.6 is 0 Å². The van der Waals surface area contributed by atoms with Gasteiger partial charge in [0.2, 0.25) is 0 Å². The average molecular weight is 234 g/mol. The first kappa shape index (κ1) is 11.7. The van der Waals surface area contributed by atoms with Gasteiger partial charge in [-0.3, -0.25) is 4.55 Å². The SMILES string of the molecule is O=S(=O)(O)C1O[C@H](CO)[C@@H](O)C1(F)F. The summed E-state index contributed by atoms with van der Waals surface area (Å²) in [4.78, 5) is 0. The molecule has 6 nitrogen and oxygen atoms in total. The first-order chi connectivity index (χ1) is 6.21. The summed E-state index contributed by atoms with van der Waals surface area (Å²) in [6, 6.07) is 0. The van der Waals surface area contributed by atoms with E-state index in [1.807, 2.05) is 0 Å². The number of aliphatic hydroxyl groups is 2. The average Bonchev–Trinajstić information content (AvgIpc) is 2.23. The first-order valence-electron chi connectivity index (χ1n) is 3.49. The molecule has 0 aromatic rings. The zero-order valence-electron chi connectivity index (χ0n) is 6.67. The molecular weight excluding hydrogens is 226 g/mol. The van der Waals surface area contributed by atoms with Gasteiger partial charge in [-0.2, -0.15) is 17.2 Å². The molecule has 1 saturated heterocycles. The largest absolute Gasteiger partial charge is 0.394 e. The number of rotatable bonds is 2. The maximum Gasteiger partial charge on any atom is 0.318 e. The van der Waals surface area contributed by atoms with E-state index < -0.39 is 40.3 Å². The van der Waals surface area contributed by atoms with Crippen molar-refractivity contribution in [2.45, 2.75) is 23.6 Å². The Balaban J connectivity index is 3.03. The van der Waals surface area contributed by atoms with Gasteiger partial charge in [0.1, 0.15) is 12.2 Å². The molecule has 0 bridgehead atoms. The zero-order chi connectivity index (χ0) is 11.1. The molecule has 84 valence electrons. The molecule has 14 heavy (non-hydrogen) atoms. The summed E-state index contributed by atoms with van der Waals surface area (Å²) in [5.41, 5.74) is -2.83. The van der Waals surface area contributed by atoms with Crippen molar-refractivity contribution in [2.24, 2.45) is 0 Å². The van der Waals surface area contributed by atoms with E-state index in [0.29, 0.717) is 0 Å². The van der Waals surface area contributed by atoms with Gasteiger partial charge in [0, 0.05) is 0 Å². The Bertz CT molecular complexity index is 314. The molecule has 0 spiro atoms. The minimum Gasteiger partial charge on any atom is -0.394 e. The number of alkyl halides is 2. The third kappa shape index (κ3) is 1.73. The van der Waals surface area contributed by atoms with Crippen LogP contribution in [0.15, 0.2) is 0 Å². The number of hydrogen-bond acceptors (Lipinski definition) is 5. The monoisotopic (exact) mass is 234 g/mol. The van der Waals surface area contributed by atoms with Crippen molar-refractivity contribution in [1.82, 2.24) is 0 Å². The van der Waals surface area contributed by atoms with E-state index in [-0.39, 0.29) is 0 Å². The summed E-state index contributed by atoms with van der Waals surface area (Å²) < 4.78 is 59.1. The second kappa shape index (κ2) is 3.35. The Morgan fingerprint density at radius 2 is 1.93 bits per heavy atom. The van der Waals surface area contributed by atoms with Gasteiger partial charge in [0.25, 0.3) is 15.6 Å². The molecule has 1 aliphatic heterocycles. The van der Waals surface area contributed by atoms with Gasteiger partial charge in [-0.15, -0.1) is 0 Å². The predicted molar refractivity (Wildman–Crippen MR) is 38.2 cm³/mol. The smallest absolute Gasteiger partial charge is 0.318 e. The molecule has 0 aliphatic carbocycles. The van der Waals surface area contributed by atoms with Gasteiger partial charge in [-0.05, 0) is 0 Å². The van der Waals surface area contributed by atoms with E-state index in [0.717, 1.165) is 0 Å². The fourth-order valence-electron chi connectivity index (χ4n) is 1.12. The van der Waals surface area contributed by atoms with E-state index in [4.69, 9.17) is 14.8 Å². The van der Waals surface area contributed by atoms with Crippen molar-refractivity contribution in [3.8, 4) is 0 Å². The van der Waals surface area contributed by atoms with Crippen LogP contribution in [0.3, 0.4) is 0 Å². The molecule has 0 amide bonds. The highest BCUT2D eigenvalue weighted by Crippen LogP contribution is 2.38. The summed E-state index contributed by atoms with van der Waals surface area (Å²) in [6.45, 7) is -0.969. The Hall–Kier alpha value is -0.350. The highest BCUT2D eigenvalue weighted by atomic mass is 32.2. The molecule has 1 heterocycles. The summed E-state index contributed by atoms with van der Waals surface area (Å²) in [5.74, 6) is -4.14. The van der Waals surface area contributed by atoms with Crippen LogP contribution in [0.25, 0.3) is 0 Å². The molecule has 9 heteroatoms. The van der Waals surface area contributed by atoms with Gasteiger partial charge < -0.3 is 14.9 Å². The van der Waals surface area contributed by atoms with Crippen molar-refractivity contribution in [3.05, 3.63) is 0 Å². The maximum atomic E-state index is 12.9. The first-order valence-corrected chi connectivity index (χ1v) is 5.00. The van der Waals surface area contributed by atoms with Gasteiger partial charge in [0.15, 0.2) is 0 Å². The van der Waals surface area contributed by atoms with Gasteiger partial charge >= 0.3 is 5.92 Å². The van der Waals surface area contributed by atoms with Crippen LogP contribution in [-0.4, -0.2) is 53.4 Å². The molecule has 0 radical (unpaired) electrons. The van der Waals surface area contributed by atoms with Gasteiger partial charge in [-0.25, -0.2) is 0 Å². The Morgan fingerprint density at radius 1 is 1.43 bits per heavy atom. The quantitative estimate of drug-likeness (QED) is 0.507. The number of aliphatic hydroxyl groups excluding tert-OH is 2. The van der Waals surface area contributed by atoms with Crippen molar-refractivity contribution in [2.75, 3.05) is 6.61 Å². The number of hydrogen-bond donors (Lipinski definition) is 3. The van der Waals surface area contributed by atoms with E-state index in [2.05, 4.69) is 4.74 Å². The molecule has 1 unspecified atom stereocenters. The topological polar surface area (TPSA) is 104 Å².